The normalized spacial score (nSPS) is 17.2. The number of aromatic nitrogens is 3. The van der Waals surface area contributed by atoms with Gasteiger partial charge < -0.3 is 15.5 Å². The first-order chi connectivity index (χ1) is 17.8. The number of aryl methyl sites for hydroxylation is 3. The van der Waals surface area contributed by atoms with Gasteiger partial charge in [-0.15, -0.1) is 11.3 Å². The van der Waals surface area contributed by atoms with Gasteiger partial charge >= 0.3 is 0 Å². The Hall–Kier alpha value is -3.56. The Morgan fingerprint density at radius 3 is 2.68 bits per heavy atom. The van der Waals surface area contributed by atoms with Crippen molar-refractivity contribution in [3.05, 3.63) is 94.0 Å². The molecular weight excluding hydrogens is 500 g/mol. The van der Waals surface area contributed by atoms with E-state index in [4.69, 9.17) is 12.2 Å². The molecule has 3 aromatic heterocycles. The molecule has 1 amide bonds. The summed E-state index contributed by atoms with van der Waals surface area (Å²) in [6.07, 6.45) is 3.93. The van der Waals surface area contributed by atoms with E-state index in [0.29, 0.717) is 18.1 Å². The Kier molecular flexibility index (Phi) is 7.08. The molecule has 0 unspecified atom stereocenters. The predicted octanol–water partition coefficient (Wildman–Crippen LogP) is 5.56. The maximum atomic E-state index is 13.0. The minimum Gasteiger partial charge on any atom is -0.352 e. The zero-order chi connectivity index (χ0) is 26.1. The number of thiocarbonyl (C=S) groups is 1. The summed E-state index contributed by atoms with van der Waals surface area (Å²) in [4.78, 5) is 24.3. The summed E-state index contributed by atoms with van der Waals surface area (Å²) < 4.78 is 2.18. The van der Waals surface area contributed by atoms with Gasteiger partial charge in [0.1, 0.15) is 0 Å². The molecule has 5 rings (SSSR count). The van der Waals surface area contributed by atoms with Crippen molar-refractivity contribution in [2.24, 2.45) is 0 Å². The third-order valence-corrected chi connectivity index (χ3v) is 7.95. The number of rotatable bonds is 7. The van der Waals surface area contributed by atoms with Crippen LogP contribution in [-0.2, 0) is 4.79 Å². The summed E-state index contributed by atoms with van der Waals surface area (Å²) in [5, 5.41) is 10.1. The Balaban J connectivity index is 1.45. The highest BCUT2D eigenvalue weighted by Crippen LogP contribution is 2.41. The van der Waals surface area contributed by atoms with Crippen LogP contribution in [0.15, 0.2) is 60.2 Å². The Morgan fingerprint density at radius 2 is 1.95 bits per heavy atom. The number of carbonyl (C=O) groups is 1. The number of benzene rings is 1. The Bertz CT molecular complexity index is 1430. The molecule has 1 aliphatic rings. The number of pyridine rings is 1. The second kappa shape index (κ2) is 10.4. The van der Waals surface area contributed by atoms with Crippen molar-refractivity contribution in [3.63, 3.8) is 0 Å². The van der Waals surface area contributed by atoms with Gasteiger partial charge in [0.15, 0.2) is 10.2 Å². The molecule has 190 valence electrons. The van der Waals surface area contributed by atoms with Crippen molar-refractivity contribution in [2.45, 2.75) is 46.2 Å². The van der Waals surface area contributed by atoms with Crippen molar-refractivity contribution < 1.29 is 4.79 Å². The zero-order valence-corrected chi connectivity index (χ0v) is 23.0. The number of anilines is 1. The second-order valence-corrected chi connectivity index (χ2v) is 10.7. The van der Waals surface area contributed by atoms with E-state index < -0.39 is 0 Å². The molecule has 37 heavy (non-hydrogen) atoms. The minimum atomic E-state index is -0.138. The van der Waals surface area contributed by atoms with Crippen molar-refractivity contribution >= 4 is 40.3 Å². The molecule has 4 heterocycles. The van der Waals surface area contributed by atoms with Crippen LogP contribution in [0.5, 0.6) is 0 Å². The van der Waals surface area contributed by atoms with Crippen LogP contribution >= 0.6 is 23.6 Å². The van der Waals surface area contributed by atoms with E-state index in [1.165, 1.54) is 0 Å². The summed E-state index contributed by atoms with van der Waals surface area (Å²) >= 11 is 7.42. The molecule has 0 aliphatic carbocycles. The van der Waals surface area contributed by atoms with E-state index in [-0.39, 0.29) is 18.0 Å². The van der Waals surface area contributed by atoms with Crippen LogP contribution in [0.1, 0.15) is 52.3 Å². The fourth-order valence-corrected chi connectivity index (χ4v) is 6.08. The van der Waals surface area contributed by atoms with Crippen LogP contribution < -0.4 is 10.6 Å². The maximum absolute atomic E-state index is 13.0. The standard InChI is InChI=1S/C28H30N6OS2/c1-17-8-9-18(2)23(15-17)31-24(35)10-13-33-26(25(32-27(33)36)22-7-5-6-11-29-22)21-16-19(3)34(20(21)4)28-30-12-14-37-28/h5-9,11-12,14-16,25-26H,10,13H2,1-4H3,(H,31,35)(H,32,36)/t25-,26+/m0/s1. The van der Waals surface area contributed by atoms with Gasteiger partial charge in [0.2, 0.25) is 5.91 Å². The Labute approximate surface area is 226 Å². The summed E-state index contributed by atoms with van der Waals surface area (Å²) in [5.41, 5.74) is 7.27. The third kappa shape index (κ3) is 5.01. The fourth-order valence-electron chi connectivity index (χ4n) is 5.00. The van der Waals surface area contributed by atoms with Crippen LogP contribution in [0, 0.1) is 27.7 Å². The lowest BCUT2D eigenvalue weighted by Crippen LogP contribution is -2.33. The van der Waals surface area contributed by atoms with Crippen LogP contribution in [0.2, 0.25) is 0 Å². The van der Waals surface area contributed by atoms with Gasteiger partial charge in [-0.25, -0.2) is 4.98 Å². The van der Waals surface area contributed by atoms with Crippen molar-refractivity contribution in [2.75, 3.05) is 11.9 Å². The van der Waals surface area contributed by atoms with Crippen LogP contribution in [0.4, 0.5) is 5.69 Å². The molecular formula is C28H30N6OS2. The third-order valence-electron chi connectivity index (χ3n) is 6.84. The summed E-state index contributed by atoms with van der Waals surface area (Å²) in [5.74, 6) is -0.0372. The molecule has 1 fully saturated rings. The molecule has 0 bridgehead atoms. The van der Waals surface area contributed by atoms with E-state index in [9.17, 15) is 4.79 Å². The molecule has 0 radical (unpaired) electrons. The number of amides is 1. The lowest BCUT2D eigenvalue weighted by Gasteiger charge is -2.28. The van der Waals surface area contributed by atoms with Crippen molar-refractivity contribution in [1.82, 2.24) is 24.8 Å². The first kappa shape index (κ1) is 25.1. The van der Waals surface area contributed by atoms with Gasteiger partial charge in [-0.1, -0.05) is 18.2 Å². The first-order valence-electron chi connectivity index (χ1n) is 12.3. The second-order valence-electron chi connectivity index (χ2n) is 9.41. The predicted molar refractivity (Wildman–Crippen MR) is 152 cm³/mol. The molecule has 0 spiro atoms. The molecule has 1 saturated heterocycles. The highest BCUT2D eigenvalue weighted by molar-refractivity contribution is 7.80. The van der Waals surface area contributed by atoms with Crippen LogP contribution in [-0.4, -0.2) is 37.0 Å². The highest BCUT2D eigenvalue weighted by Gasteiger charge is 2.41. The van der Waals surface area contributed by atoms with Crippen LogP contribution in [0.3, 0.4) is 0 Å². The van der Waals surface area contributed by atoms with Gasteiger partial charge in [-0.2, -0.15) is 0 Å². The van der Waals surface area contributed by atoms with Gasteiger partial charge in [0.25, 0.3) is 0 Å². The number of nitrogens with zero attached hydrogens (tertiary/aromatic N) is 4. The molecule has 2 atom stereocenters. The van der Waals surface area contributed by atoms with Gasteiger partial charge in [-0.05, 0) is 80.9 Å². The number of nitrogens with one attached hydrogen (secondary N) is 2. The van der Waals surface area contributed by atoms with Gasteiger partial charge in [-0.3, -0.25) is 14.3 Å². The average molecular weight is 531 g/mol. The number of hydrogen-bond acceptors (Lipinski definition) is 5. The van der Waals surface area contributed by atoms with E-state index in [1.807, 2.05) is 61.8 Å². The molecule has 1 aliphatic heterocycles. The molecule has 0 saturated carbocycles. The monoisotopic (exact) mass is 530 g/mol. The topological polar surface area (TPSA) is 75.1 Å². The maximum Gasteiger partial charge on any atom is 0.226 e. The van der Waals surface area contributed by atoms with Gasteiger partial charge in [0.05, 0.1) is 17.8 Å². The Morgan fingerprint density at radius 1 is 1.11 bits per heavy atom. The highest BCUT2D eigenvalue weighted by atomic mass is 32.1. The molecule has 4 aromatic rings. The zero-order valence-electron chi connectivity index (χ0n) is 21.4. The summed E-state index contributed by atoms with van der Waals surface area (Å²) in [7, 11) is 0. The average Bonchev–Trinajstić information content (AvgIpc) is 3.58. The molecule has 2 N–H and O–H groups in total. The molecule has 1 aromatic carbocycles. The van der Waals surface area contributed by atoms with Gasteiger partial charge in [0, 0.05) is 47.8 Å². The fraction of sp³-hybridized carbons (Fsp3) is 0.286. The van der Waals surface area contributed by atoms with Crippen molar-refractivity contribution in [3.8, 4) is 5.13 Å². The SMILES string of the molecule is Cc1ccc(C)c(NC(=O)CCN2C(=S)N[C@@H](c3ccccn3)[C@H]2c2cc(C)n(-c3nccs3)c2C)c1. The quantitative estimate of drug-likeness (QED) is 0.305. The molecule has 7 nitrogen and oxygen atoms in total. The van der Waals surface area contributed by atoms with E-state index in [1.54, 1.807) is 17.5 Å². The largest absolute Gasteiger partial charge is 0.352 e. The minimum absolute atomic E-state index is 0.0372. The van der Waals surface area contributed by atoms with Crippen molar-refractivity contribution in [1.29, 1.82) is 0 Å². The smallest absolute Gasteiger partial charge is 0.226 e. The van der Waals surface area contributed by atoms with Crippen LogP contribution in [0.25, 0.3) is 5.13 Å². The van der Waals surface area contributed by atoms with E-state index in [2.05, 4.69) is 50.0 Å². The van der Waals surface area contributed by atoms with E-state index in [0.717, 1.165) is 44.6 Å². The molecule has 9 heteroatoms. The first-order valence-corrected chi connectivity index (χ1v) is 13.6. The number of carbonyl (C=O) groups excluding carboxylic acids is 1. The number of hydrogen-bond donors (Lipinski definition) is 2. The lowest BCUT2D eigenvalue weighted by atomic mass is 9.96. The summed E-state index contributed by atoms with van der Waals surface area (Å²) in [6, 6.07) is 13.9. The summed E-state index contributed by atoms with van der Waals surface area (Å²) in [6.45, 7) is 8.72. The number of thiazole rings is 1. The van der Waals surface area contributed by atoms with E-state index >= 15 is 0 Å². The lowest BCUT2D eigenvalue weighted by molar-refractivity contribution is -0.116.